The molecule has 1 aliphatic rings. The zero-order valence-electron chi connectivity index (χ0n) is 61.1. The third-order valence-electron chi connectivity index (χ3n) is 19.1. The van der Waals surface area contributed by atoms with Crippen molar-refractivity contribution >= 4 is 81.8 Å². The van der Waals surface area contributed by atoms with Gasteiger partial charge in [0.15, 0.2) is 0 Å². The molecule has 1 aliphatic heterocycles. The number of nitrogens with zero attached hydrogens (tertiary/aromatic N) is 9. The molecule has 3 rings (SSSR count). The lowest BCUT2D eigenvalue weighted by atomic mass is 9.93. The smallest absolute Gasteiger partial charge is 0.246 e. The second-order valence-electron chi connectivity index (χ2n) is 28.1. The SMILES string of the molecule is CCC(C)[C@@H]1NC(=O)[C@H](C(C)C)N(C)C(=O)[C@H](Cc2c[nH]c3ccccc23)NC(=O)CN(C)C(=O)[C@H](C(C)CC)N(C)C(=O)[C@H](C(C)C)NC(=O)CN(C)C(=O)[C@H](C(C)CC)N(C)C(=O)[C@H](C(C)C)N(C)C(=O)CN(C)C(=O)[C@H](C(C)C)N(C)C(=O)[C@H](C(C)C)N(C)C1=O. The first kappa shape index (κ1) is 80.6. The fraction of sp³-hybridized carbons (Fsp3) is 0.710. The molecular formula is C69H115N13O12. The molecule has 1 aromatic heterocycles. The molecule has 12 atom stereocenters. The molecular weight excluding hydrogens is 1200 g/mol. The summed E-state index contributed by atoms with van der Waals surface area (Å²) >= 11 is 0. The van der Waals surface area contributed by atoms with Crippen molar-refractivity contribution in [1.29, 1.82) is 0 Å². The highest BCUT2D eigenvalue weighted by atomic mass is 16.2. The topological polar surface area (TPSA) is 286 Å². The van der Waals surface area contributed by atoms with Crippen LogP contribution < -0.4 is 16.0 Å². The Morgan fingerprint density at radius 3 is 1.21 bits per heavy atom. The standard InChI is InChI=1S/C69H115N13O12/c1-26-43(14)54-64(89)79(22)58(42(12)13)69(94)80(23)56(40(8)9)65(90)76(19)37-52(85)77(20)57(41(10)11)68(93)82(25)60(45(16)28-3)67(92)75(18)36-51(84)72-53(38(4)5)63(88)81(24)59(44(15)27-2)66(91)74(17)35-50(83)71-49(33-46-34-70-48-32-30-29-31-47(46)48)62(87)78(21)55(39(6)7)61(86)73-54/h29-32,34,38-45,49,53-60,70H,26-28,33,35-37H2,1-25H3,(H,71,83)(H,72,84)(H,73,86)/t43?,44?,45?,49-,53-,54-,55-,56-,57-,58-,59-,60-/m0/s1. The quantitative estimate of drug-likeness (QED) is 0.222. The number of rotatable bonds is 13. The molecule has 25 nitrogen and oxygen atoms in total. The summed E-state index contributed by atoms with van der Waals surface area (Å²) in [6.07, 6.45) is 2.95. The van der Waals surface area contributed by atoms with E-state index in [1.54, 1.807) is 96.2 Å². The lowest BCUT2D eigenvalue weighted by Crippen LogP contribution is -2.63. The lowest BCUT2D eigenvalue weighted by Gasteiger charge is -2.41. The maximum absolute atomic E-state index is 15.2. The highest BCUT2D eigenvalue weighted by molar-refractivity contribution is 6.00. The third-order valence-corrected chi connectivity index (χ3v) is 19.1. The molecule has 94 heavy (non-hydrogen) atoms. The Balaban J connectivity index is 2.31. The van der Waals surface area contributed by atoms with E-state index in [-0.39, 0.29) is 6.42 Å². The molecule has 2 aromatic rings. The van der Waals surface area contributed by atoms with E-state index in [1.165, 1.54) is 108 Å². The second kappa shape index (κ2) is 35.2. The van der Waals surface area contributed by atoms with Crippen molar-refractivity contribution in [3.8, 4) is 0 Å². The van der Waals surface area contributed by atoms with Gasteiger partial charge in [0.05, 0.1) is 19.6 Å². The summed E-state index contributed by atoms with van der Waals surface area (Å²) in [4.78, 5) is 191. The van der Waals surface area contributed by atoms with Crippen LogP contribution in [0.4, 0.5) is 0 Å². The van der Waals surface area contributed by atoms with Crippen LogP contribution in [0.15, 0.2) is 30.5 Å². The van der Waals surface area contributed by atoms with E-state index in [0.717, 1.165) is 10.9 Å². The number of nitrogens with one attached hydrogen (secondary N) is 4. The molecule has 25 heteroatoms. The van der Waals surface area contributed by atoms with Crippen molar-refractivity contribution in [3.63, 3.8) is 0 Å². The van der Waals surface area contributed by atoms with Gasteiger partial charge in [-0.15, -0.1) is 0 Å². The van der Waals surface area contributed by atoms with Crippen LogP contribution in [0.1, 0.15) is 136 Å². The monoisotopic (exact) mass is 1320 g/mol. The minimum atomic E-state index is -1.32. The Labute approximate surface area is 559 Å². The van der Waals surface area contributed by atoms with Crippen LogP contribution in [0, 0.1) is 47.3 Å². The molecule has 528 valence electrons. The summed E-state index contributed by atoms with van der Waals surface area (Å²) in [7, 11) is 13.0. The summed E-state index contributed by atoms with van der Waals surface area (Å²) in [6, 6.07) is -3.25. The van der Waals surface area contributed by atoms with Crippen LogP contribution in [-0.4, -0.2) is 257 Å². The maximum atomic E-state index is 15.2. The van der Waals surface area contributed by atoms with Gasteiger partial charge in [-0.2, -0.15) is 0 Å². The van der Waals surface area contributed by atoms with Gasteiger partial charge in [-0.1, -0.05) is 148 Å². The predicted octanol–water partition coefficient (Wildman–Crippen LogP) is 3.93. The van der Waals surface area contributed by atoms with Gasteiger partial charge in [0.25, 0.3) is 0 Å². The van der Waals surface area contributed by atoms with Gasteiger partial charge < -0.3 is 65.0 Å². The largest absolute Gasteiger partial charge is 0.361 e. The first-order valence-corrected chi connectivity index (χ1v) is 33.4. The minimum Gasteiger partial charge on any atom is -0.361 e. The molecule has 0 spiro atoms. The number of H-pyrrole nitrogens is 1. The first-order valence-electron chi connectivity index (χ1n) is 33.4. The van der Waals surface area contributed by atoms with Gasteiger partial charge in [-0.05, 0) is 59.0 Å². The average molecular weight is 1320 g/mol. The molecule has 1 fully saturated rings. The highest BCUT2D eigenvalue weighted by Gasteiger charge is 2.46. The fourth-order valence-corrected chi connectivity index (χ4v) is 12.9. The normalized spacial score (nSPS) is 25.5. The van der Waals surface area contributed by atoms with Gasteiger partial charge in [0, 0.05) is 86.9 Å². The number of hydrogen-bond donors (Lipinski definition) is 4. The number of hydrogen-bond acceptors (Lipinski definition) is 12. The van der Waals surface area contributed by atoms with Gasteiger partial charge in [0.2, 0.25) is 70.9 Å². The number of fused-ring (bicyclic) bond motifs is 1. The van der Waals surface area contributed by atoms with E-state index in [0.29, 0.717) is 24.8 Å². The van der Waals surface area contributed by atoms with Crippen molar-refractivity contribution in [2.75, 3.05) is 83.1 Å². The molecule has 1 aromatic carbocycles. The van der Waals surface area contributed by atoms with Crippen molar-refractivity contribution < 1.29 is 57.5 Å². The summed E-state index contributed by atoms with van der Waals surface area (Å²) in [5, 5.41) is 9.40. The highest BCUT2D eigenvalue weighted by Crippen LogP contribution is 2.27. The average Bonchev–Trinajstić information content (AvgIpc) is 0.902. The molecule has 0 radical (unpaired) electrons. The Kier molecular flexibility index (Phi) is 30.2. The van der Waals surface area contributed by atoms with Crippen molar-refractivity contribution in [2.45, 2.75) is 191 Å². The van der Waals surface area contributed by atoms with Gasteiger partial charge >= 0.3 is 0 Å². The number of carbonyl (C=O) groups excluding carboxylic acids is 12. The van der Waals surface area contributed by atoms with E-state index < -0.39 is 192 Å². The van der Waals surface area contributed by atoms with E-state index in [9.17, 15) is 43.2 Å². The summed E-state index contributed by atoms with van der Waals surface area (Å²) < 4.78 is 0. The summed E-state index contributed by atoms with van der Waals surface area (Å²) in [5.74, 6) is -11.6. The Hall–Kier alpha value is -7.60. The Morgan fingerprint density at radius 2 is 0.755 bits per heavy atom. The second-order valence-corrected chi connectivity index (χ2v) is 28.1. The summed E-state index contributed by atoms with van der Waals surface area (Å²) in [5.41, 5.74) is 1.44. The van der Waals surface area contributed by atoms with Crippen LogP contribution in [0.25, 0.3) is 10.9 Å². The Bertz CT molecular complexity index is 3000. The molecule has 1 saturated heterocycles. The van der Waals surface area contributed by atoms with Crippen molar-refractivity contribution in [3.05, 3.63) is 36.0 Å². The minimum absolute atomic E-state index is 0.0528. The van der Waals surface area contributed by atoms with E-state index >= 15 is 14.4 Å². The molecule has 2 heterocycles. The van der Waals surface area contributed by atoms with Gasteiger partial charge in [-0.25, -0.2) is 0 Å². The number of benzene rings is 1. The van der Waals surface area contributed by atoms with Crippen LogP contribution >= 0.6 is 0 Å². The zero-order chi connectivity index (χ0) is 72.0. The van der Waals surface area contributed by atoms with Crippen LogP contribution in [0.5, 0.6) is 0 Å². The van der Waals surface area contributed by atoms with Crippen molar-refractivity contribution in [2.24, 2.45) is 47.3 Å². The van der Waals surface area contributed by atoms with Gasteiger partial charge in [0.1, 0.15) is 54.4 Å². The predicted molar refractivity (Wildman–Crippen MR) is 363 cm³/mol. The molecule has 3 unspecified atom stereocenters. The zero-order valence-corrected chi connectivity index (χ0v) is 61.1. The first-order chi connectivity index (χ1) is 43.7. The maximum Gasteiger partial charge on any atom is 0.246 e. The molecule has 0 saturated carbocycles. The molecule has 0 aliphatic carbocycles. The van der Waals surface area contributed by atoms with E-state index in [2.05, 4.69) is 20.9 Å². The third kappa shape index (κ3) is 19.3. The van der Waals surface area contributed by atoms with Crippen LogP contribution in [0.3, 0.4) is 0 Å². The number of likely N-dealkylation sites (N-methyl/N-ethyl adjacent to an activating group) is 9. The number of carbonyl (C=O) groups is 12. The van der Waals surface area contributed by atoms with E-state index in [1.807, 2.05) is 45.0 Å². The van der Waals surface area contributed by atoms with Crippen LogP contribution in [0.2, 0.25) is 0 Å². The lowest BCUT2D eigenvalue weighted by molar-refractivity contribution is -0.156. The molecule has 4 N–H and O–H groups in total. The molecule has 0 bridgehead atoms. The number of aromatic nitrogens is 1. The number of aromatic amines is 1. The van der Waals surface area contributed by atoms with E-state index in [4.69, 9.17) is 0 Å². The fourth-order valence-electron chi connectivity index (χ4n) is 12.9. The Morgan fingerprint density at radius 1 is 0.383 bits per heavy atom. The van der Waals surface area contributed by atoms with Crippen molar-refractivity contribution in [1.82, 2.24) is 65.0 Å². The number of amides is 12. The molecule has 12 amide bonds. The summed E-state index contributed by atoms with van der Waals surface area (Å²) in [6.45, 7) is 26.8. The van der Waals surface area contributed by atoms with Gasteiger partial charge in [-0.3, -0.25) is 57.5 Å². The number of para-hydroxylation sites is 1. The van der Waals surface area contributed by atoms with Crippen LogP contribution in [-0.2, 0) is 64.0 Å².